The van der Waals surface area contributed by atoms with E-state index in [1.807, 2.05) is 6.92 Å². The molecule has 52 valence electrons. The Morgan fingerprint density at radius 1 is 1.89 bits per heavy atom. The molecule has 0 radical (unpaired) electrons. The van der Waals surface area contributed by atoms with E-state index in [1.165, 1.54) is 0 Å². The maximum atomic E-state index is 10.7. The van der Waals surface area contributed by atoms with Gasteiger partial charge in [0.15, 0.2) is 0 Å². The van der Waals surface area contributed by atoms with Gasteiger partial charge in [-0.15, -0.1) is 0 Å². The van der Waals surface area contributed by atoms with Crippen LogP contribution in [0.4, 0.5) is 0 Å². The topological polar surface area (TPSA) is 26.3 Å². The van der Waals surface area contributed by atoms with E-state index in [1.54, 1.807) is 0 Å². The minimum Gasteiger partial charge on any atom is -0.461 e. The monoisotopic (exact) mass is 240 g/mol. The molecule has 0 amide bonds. The number of carbonyl (C=O) groups is 1. The van der Waals surface area contributed by atoms with Gasteiger partial charge in [0.2, 0.25) is 0 Å². The van der Waals surface area contributed by atoms with Gasteiger partial charge >= 0.3 is 5.97 Å². The second-order valence-corrected chi connectivity index (χ2v) is 3.23. The fourth-order valence-electron chi connectivity index (χ4n) is 0.914. The molecule has 0 spiro atoms. The highest BCUT2D eigenvalue weighted by molar-refractivity contribution is 14.1. The molecule has 0 aromatic heterocycles. The summed E-state index contributed by atoms with van der Waals surface area (Å²) in [6.07, 6.45) is 1.09. The number of rotatable bonds is 1. The van der Waals surface area contributed by atoms with Crippen LogP contribution in [-0.4, -0.2) is 16.5 Å². The van der Waals surface area contributed by atoms with Crippen molar-refractivity contribution in [3.63, 3.8) is 0 Å². The molecule has 1 aliphatic rings. The van der Waals surface area contributed by atoms with Gasteiger partial charge < -0.3 is 4.74 Å². The molecule has 0 bridgehead atoms. The van der Waals surface area contributed by atoms with Gasteiger partial charge in [0, 0.05) is 4.43 Å². The maximum absolute atomic E-state index is 10.7. The van der Waals surface area contributed by atoms with Crippen LogP contribution >= 0.6 is 22.6 Å². The van der Waals surface area contributed by atoms with Gasteiger partial charge in [-0.05, 0) is 6.42 Å². The van der Waals surface area contributed by atoms with Crippen molar-refractivity contribution in [3.05, 3.63) is 0 Å². The van der Waals surface area contributed by atoms with Crippen LogP contribution in [0.25, 0.3) is 0 Å². The van der Waals surface area contributed by atoms with Gasteiger partial charge in [-0.1, -0.05) is 29.5 Å². The summed E-state index contributed by atoms with van der Waals surface area (Å²) in [4.78, 5) is 10.7. The lowest BCUT2D eigenvalue weighted by Crippen LogP contribution is -2.06. The molecule has 0 aromatic carbocycles. The summed E-state index contributed by atoms with van der Waals surface area (Å²) in [6, 6.07) is 0. The van der Waals surface area contributed by atoms with Crippen molar-refractivity contribution in [1.29, 1.82) is 0 Å². The largest absolute Gasteiger partial charge is 0.461 e. The lowest BCUT2D eigenvalue weighted by molar-refractivity contribution is -0.143. The Labute approximate surface area is 68.1 Å². The van der Waals surface area contributed by atoms with Crippen molar-refractivity contribution in [1.82, 2.24) is 0 Å². The Hall–Kier alpha value is 0.200. The minimum atomic E-state index is -0.0309. The first-order valence-electron chi connectivity index (χ1n) is 3.00. The summed E-state index contributed by atoms with van der Waals surface area (Å²) in [5, 5.41) is 0. The Morgan fingerprint density at radius 2 is 2.56 bits per heavy atom. The molecule has 2 nitrogen and oxygen atoms in total. The van der Waals surface area contributed by atoms with E-state index < -0.39 is 0 Å². The highest BCUT2D eigenvalue weighted by atomic mass is 127. The first-order valence-corrected chi connectivity index (χ1v) is 4.53. The lowest BCUT2D eigenvalue weighted by Gasteiger charge is -2.00. The van der Waals surface area contributed by atoms with Crippen LogP contribution in [0, 0.1) is 5.92 Å². The van der Waals surface area contributed by atoms with Crippen LogP contribution < -0.4 is 0 Å². The number of cyclic esters (lactones) is 1. The number of alkyl halides is 1. The number of carbonyl (C=O) groups excluding carboxylic acids is 1. The standard InChI is InChI=1S/C6H9IO2/c1-4-2-5(3-7)9-6(4)8/h4-5H,2-3H2,1H3/t4-,5-/m1/s1. The van der Waals surface area contributed by atoms with Crippen LogP contribution in [0.1, 0.15) is 13.3 Å². The van der Waals surface area contributed by atoms with Crippen LogP contribution in [0.3, 0.4) is 0 Å². The van der Waals surface area contributed by atoms with Gasteiger partial charge in [0.1, 0.15) is 6.10 Å². The summed E-state index contributed by atoms with van der Waals surface area (Å²) in [5.74, 6) is 0.0985. The number of hydrogen-bond acceptors (Lipinski definition) is 2. The van der Waals surface area contributed by atoms with E-state index in [0.29, 0.717) is 0 Å². The summed E-state index contributed by atoms with van der Waals surface area (Å²) in [5.41, 5.74) is 0. The van der Waals surface area contributed by atoms with Gasteiger partial charge in [-0.3, -0.25) is 4.79 Å². The summed E-state index contributed by atoms with van der Waals surface area (Å²) in [6.45, 7) is 1.91. The molecule has 1 fully saturated rings. The third-order valence-electron chi connectivity index (χ3n) is 1.47. The molecular formula is C6H9IO2. The average Bonchev–Trinajstić information content (AvgIpc) is 2.13. The van der Waals surface area contributed by atoms with E-state index in [0.717, 1.165) is 10.8 Å². The first kappa shape index (κ1) is 7.31. The van der Waals surface area contributed by atoms with E-state index in [2.05, 4.69) is 22.6 Å². The van der Waals surface area contributed by atoms with E-state index in [-0.39, 0.29) is 18.0 Å². The van der Waals surface area contributed by atoms with Crippen molar-refractivity contribution in [3.8, 4) is 0 Å². The van der Waals surface area contributed by atoms with Gasteiger partial charge in [0.05, 0.1) is 5.92 Å². The molecular weight excluding hydrogens is 231 g/mol. The van der Waals surface area contributed by atoms with Gasteiger partial charge in [-0.2, -0.15) is 0 Å². The summed E-state index contributed by atoms with van der Waals surface area (Å²) in [7, 11) is 0. The van der Waals surface area contributed by atoms with Crippen molar-refractivity contribution in [2.75, 3.05) is 4.43 Å². The van der Waals surface area contributed by atoms with Crippen molar-refractivity contribution in [2.45, 2.75) is 19.4 Å². The third kappa shape index (κ3) is 1.56. The van der Waals surface area contributed by atoms with Crippen LogP contribution in [0.2, 0.25) is 0 Å². The van der Waals surface area contributed by atoms with Gasteiger partial charge in [-0.25, -0.2) is 0 Å². The normalized spacial score (nSPS) is 34.7. The highest BCUT2D eigenvalue weighted by Gasteiger charge is 2.29. The number of ether oxygens (including phenoxy) is 1. The molecule has 1 saturated heterocycles. The van der Waals surface area contributed by atoms with Crippen LogP contribution in [0.5, 0.6) is 0 Å². The lowest BCUT2D eigenvalue weighted by atomic mass is 10.1. The van der Waals surface area contributed by atoms with Crippen molar-refractivity contribution < 1.29 is 9.53 Å². The molecule has 1 rings (SSSR count). The van der Waals surface area contributed by atoms with Crippen LogP contribution in [0.15, 0.2) is 0 Å². The summed E-state index contributed by atoms with van der Waals surface area (Å²) >= 11 is 2.23. The molecule has 0 saturated carbocycles. The van der Waals surface area contributed by atoms with Gasteiger partial charge in [0.25, 0.3) is 0 Å². The molecule has 0 unspecified atom stereocenters. The Kier molecular flexibility index (Phi) is 2.32. The summed E-state index contributed by atoms with van der Waals surface area (Å²) < 4.78 is 5.90. The Balaban J connectivity index is 2.44. The molecule has 0 aromatic rings. The fourth-order valence-corrected chi connectivity index (χ4v) is 1.45. The fraction of sp³-hybridized carbons (Fsp3) is 0.833. The molecule has 9 heavy (non-hydrogen) atoms. The number of esters is 1. The van der Waals surface area contributed by atoms with E-state index in [9.17, 15) is 4.79 Å². The number of halogens is 1. The molecule has 2 atom stereocenters. The molecule has 1 aliphatic heterocycles. The highest BCUT2D eigenvalue weighted by Crippen LogP contribution is 2.21. The second kappa shape index (κ2) is 2.86. The predicted molar refractivity (Wildman–Crippen MR) is 42.5 cm³/mol. The minimum absolute atomic E-state index is 0.0309. The molecule has 0 aliphatic carbocycles. The first-order chi connectivity index (χ1) is 4.24. The predicted octanol–water partition coefficient (Wildman–Crippen LogP) is 1.37. The second-order valence-electron chi connectivity index (χ2n) is 2.35. The SMILES string of the molecule is C[C@@H]1C[C@H](CI)OC1=O. The molecule has 3 heteroatoms. The Bertz CT molecular complexity index is 124. The Morgan fingerprint density at radius 3 is 2.78 bits per heavy atom. The molecule has 0 N–H and O–H groups in total. The quantitative estimate of drug-likeness (QED) is 0.393. The zero-order valence-electron chi connectivity index (χ0n) is 5.26. The average molecular weight is 240 g/mol. The van der Waals surface area contributed by atoms with E-state index in [4.69, 9.17) is 4.74 Å². The third-order valence-corrected chi connectivity index (χ3v) is 2.46. The van der Waals surface area contributed by atoms with Crippen molar-refractivity contribution >= 4 is 28.6 Å². The zero-order chi connectivity index (χ0) is 6.85. The van der Waals surface area contributed by atoms with Crippen LogP contribution in [-0.2, 0) is 9.53 Å². The zero-order valence-corrected chi connectivity index (χ0v) is 7.42. The smallest absolute Gasteiger partial charge is 0.309 e. The van der Waals surface area contributed by atoms with E-state index >= 15 is 0 Å². The molecule has 1 heterocycles. The number of hydrogen-bond donors (Lipinski definition) is 0. The maximum Gasteiger partial charge on any atom is 0.309 e. The van der Waals surface area contributed by atoms with Crippen molar-refractivity contribution in [2.24, 2.45) is 5.92 Å².